The highest BCUT2D eigenvalue weighted by molar-refractivity contribution is 7.23. The number of carbonyl (C=O) groups is 1. The number of hydrogen-bond acceptors (Lipinski definition) is 8. The molecule has 2 amide bonds. The number of aromatic nitrogens is 4. The number of anilines is 2. The Balaban J connectivity index is 1.10. The summed E-state index contributed by atoms with van der Waals surface area (Å²) < 4.78 is 19.0. The number of nitrogens with one attached hydrogen (secondary N) is 2. The van der Waals surface area contributed by atoms with E-state index in [0.717, 1.165) is 46.0 Å². The van der Waals surface area contributed by atoms with Crippen LogP contribution in [-0.4, -0.2) is 44.9 Å². The molecule has 202 valence electrons. The second kappa shape index (κ2) is 10.3. The lowest BCUT2D eigenvalue weighted by molar-refractivity contribution is -0.0118. The Labute approximate surface area is 229 Å². The third-order valence-corrected chi connectivity index (χ3v) is 7.52. The van der Waals surface area contributed by atoms with E-state index in [4.69, 9.17) is 19.0 Å². The van der Waals surface area contributed by atoms with Crippen LogP contribution in [0.4, 0.5) is 16.3 Å². The van der Waals surface area contributed by atoms with Gasteiger partial charge in [0.25, 0.3) is 0 Å². The summed E-state index contributed by atoms with van der Waals surface area (Å²) in [6, 6.07) is 12.8. The van der Waals surface area contributed by atoms with E-state index in [0.29, 0.717) is 29.8 Å². The first kappa shape index (κ1) is 25.3. The third-order valence-electron chi connectivity index (χ3n) is 6.56. The molecule has 5 aromatic rings. The quantitative estimate of drug-likeness (QED) is 0.250. The molecule has 0 bridgehead atoms. The molecule has 6 rings (SSSR count). The molecule has 0 aliphatic carbocycles. The van der Waals surface area contributed by atoms with Crippen molar-refractivity contribution in [3.05, 3.63) is 54.4 Å². The van der Waals surface area contributed by atoms with Gasteiger partial charge in [0.15, 0.2) is 10.8 Å². The first-order chi connectivity index (χ1) is 18.8. The Morgan fingerprint density at radius 2 is 1.97 bits per heavy atom. The SMILES string of the molecule is CC(C)(C)c1cc(NC(=O)Nc2ccc(-c3cn4c(n3)sc3nc(OCC5CCCCO5)ccc34)cc2)no1. The number of thiazole rings is 1. The van der Waals surface area contributed by atoms with E-state index in [9.17, 15) is 4.79 Å². The lowest BCUT2D eigenvalue weighted by Gasteiger charge is -2.22. The summed E-state index contributed by atoms with van der Waals surface area (Å²) >= 11 is 1.52. The molecule has 1 atom stereocenters. The molecule has 2 N–H and O–H groups in total. The highest BCUT2D eigenvalue weighted by atomic mass is 32.1. The number of amides is 2. The number of nitrogens with zero attached hydrogens (tertiary/aromatic N) is 4. The van der Waals surface area contributed by atoms with Crippen molar-refractivity contribution in [2.75, 3.05) is 23.8 Å². The summed E-state index contributed by atoms with van der Waals surface area (Å²) in [5.41, 5.74) is 3.22. The van der Waals surface area contributed by atoms with Crippen molar-refractivity contribution >= 4 is 44.2 Å². The number of benzene rings is 1. The number of fused-ring (bicyclic) bond motifs is 3. The maximum Gasteiger partial charge on any atom is 0.324 e. The molecule has 0 spiro atoms. The van der Waals surface area contributed by atoms with Crippen LogP contribution in [-0.2, 0) is 10.2 Å². The standard InChI is InChI=1S/C28H30N6O4S/c1-28(2,3)22-14-23(33-38-22)31-26(35)29-18-9-7-17(8-10-18)20-15-34-21-11-12-24(32-25(21)39-27(34)30-20)37-16-19-6-4-5-13-36-19/h7-12,14-15,19H,4-6,13,16H2,1-3H3,(H2,29,31,33,35). The highest BCUT2D eigenvalue weighted by Gasteiger charge is 2.20. The lowest BCUT2D eigenvalue weighted by atomic mass is 9.93. The van der Waals surface area contributed by atoms with E-state index in [1.54, 1.807) is 6.07 Å². The number of hydrogen-bond donors (Lipinski definition) is 2. The van der Waals surface area contributed by atoms with Gasteiger partial charge in [-0.25, -0.2) is 14.8 Å². The Bertz CT molecular complexity index is 1610. The molecule has 0 saturated carbocycles. The molecule has 1 fully saturated rings. The second-order valence-corrected chi connectivity index (χ2v) is 11.6. The summed E-state index contributed by atoms with van der Waals surface area (Å²) in [6.07, 6.45) is 5.48. The normalized spacial score (nSPS) is 16.0. The van der Waals surface area contributed by atoms with Crippen molar-refractivity contribution in [2.45, 2.75) is 51.6 Å². The Morgan fingerprint density at radius 1 is 1.13 bits per heavy atom. The van der Waals surface area contributed by atoms with Gasteiger partial charge in [0.2, 0.25) is 5.88 Å². The van der Waals surface area contributed by atoms with Gasteiger partial charge >= 0.3 is 6.03 Å². The molecule has 11 heteroatoms. The number of carbonyl (C=O) groups excluding carboxylic acids is 1. The third kappa shape index (κ3) is 5.59. The molecule has 1 aliphatic rings. The summed E-state index contributed by atoms with van der Waals surface area (Å²) in [5.74, 6) is 1.67. The summed E-state index contributed by atoms with van der Waals surface area (Å²) in [5, 5.41) is 9.43. The zero-order valence-electron chi connectivity index (χ0n) is 22.1. The number of rotatable bonds is 6. The Morgan fingerprint density at radius 3 is 2.72 bits per heavy atom. The monoisotopic (exact) mass is 546 g/mol. The molecule has 5 heterocycles. The minimum absolute atomic E-state index is 0.144. The predicted octanol–water partition coefficient (Wildman–Crippen LogP) is 6.49. The Hall–Kier alpha value is -3.96. The van der Waals surface area contributed by atoms with Crippen molar-refractivity contribution in [1.29, 1.82) is 0 Å². The molecule has 1 saturated heterocycles. The number of urea groups is 1. The fourth-order valence-corrected chi connectivity index (χ4v) is 5.37. The summed E-state index contributed by atoms with van der Waals surface area (Å²) in [7, 11) is 0. The minimum atomic E-state index is -0.396. The van der Waals surface area contributed by atoms with E-state index in [2.05, 4.69) is 20.8 Å². The maximum absolute atomic E-state index is 12.4. The molecule has 1 unspecified atom stereocenters. The number of pyridine rings is 1. The van der Waals surface area contributed by atoms with Crippen molar-refractivity contribution in [1.82, 2.24) is 19.5 Å². The molecule has 1 aliphatic heterocycles. The van der Waals surface area contributed by atoms with Crippen LogP contribution >= 0.6 is 11.3 Å². The fourth-order valence-electron chi connectivity index (χ4n) is 4.40. The van der Waals surface area contributed by atoms with Crippen LogP contribution in [0.1, 0.15) is 45.8 Å². The van der Waals surface area contributed by atoms with Gasteiger partial charge in [-0.2, -0.15) is 0 Å². The highest BCUT2D eigenvalue weighted by Crippen LogP contribution is 2.30. The van der Waals surface area contributed by atoms with Crippen LogP contribution in [0.5, 0.6) is 5.88 Å². The number of ether oxygens (including phenoxy) is 2. The molecular weight excluding hydrogens is 516 g/mol. The van der Waals surface area contributed by atoms with Gasteiger partial charge in [0.1, 0.15) is 17.2 Å². The van der Waals surface area contributed by atoms with Crippen LogP contribution < -0.4 is 15.4 Å². The van der Waals surface area contributed by atoms with Crippen molar-refractivity contribution in [3.63, 3.8) is 0 Å². The zero-order valence-corrected chi connectivity index (χ0v) is 22.9. The van der Waals surface area contributed by atoms with Crippen molar-refractivity contribution in [2.24, 2.45) is 0 Å². The van der Waals surface area contributed by atoms with Gasteiger partial charge in [-0.3, -0.25) is 9.72 Å². The minimum Gasteiger partial charge on any atom is -0.475 e. The topological polar surface area (TPSA) is 116 Å². The van der Waals surface area contributed by atoms with Crippen molar-refractivity contribution in [3.8, 4) is 17.1 Å². The van der Waals surface area contributed by atoms with Gasteiger partial charge in [-0.05, 0) is 37.5 Å². The molecule has 4 aromatic heterocycles. The zero-order chi connectivity index (χ0) is 27.0. The molecule has 10 nitrogen and oxygen atoms in total. The molecule has 39 heavy (non-hydrogen) atoms. The van der Waals surface area contributed by atoms with Crippen LogP contribution in [0.3, 0.4) is 0 Å². The first-order valence-electron chi connectivity index (χ1n) is 13.0. The molecular formula is C28H30N6O4S. The summed E-state index contributed by atoms with van der Waals surface area (Å²) in [6.45, 7) is 7.38. The number of imidazole rings is 1. The molecule has 0 radical (unpaired) electrons. The van der Waals surface area contributed by atoms with Crippen molar-refractivity contribution < 1.29 is 18.8 Å². The van der Waals surface area contributed by atoms with E-state index in [-0.39, 0.29) is 11.5 Å². The van der Waals surface area contributed by atoms with Crippen LogP contribution in [0, 0.1) is 0 Å². The average Bonchev–Trinajstić information content (AvgIpc) is 3.63. The average molecular weight is 547 g/mol. The fraction of sp³-hybridized carbons (Fsp3) is 0.357. The second-order valence-electron chi connectivity index (χ2n) is 10.6. The summed E-state index contributed by atoms with van der Waals surface area (Å²) in [4.78, 5) is 23.6. The van der Waals surface area contributed by atoms with E-state index in [1.165, 1.54) is 17.8 Å². The smallest absolute Gasteiger partial charge is 0.324 e. The first-order valence-corrected chi connectivity index (χ1v) is 13.8. The van der Waals surface area contributed by atoms with Crippen LogP contribution in [0.15, 0.2) is 53.2 Å². The van der Waals surface area contributed by atoms with Gasteiger partial charge in [-0.1, -0.05) is 49.4 Å². The lowest BCUT2D eigenvalue weighted by Crippen LogP contribution is -2.25. The van der Waals surface area contributed by atoms with Gasteiger partial charge in [0, 0.05) is 41.6 Å². The maximum atomic E-state index is 12.4. The molecule has 1 aromatic carbocycles. The van der Waals surface area contributed by atoms with Gasteiger partial charge in [-0.15, -0.1) is 0 Å². The van der Waals surface area contributed by atoms with E-state index in [1.807, 2.05) is 67.8 Å². The van der Waals surface area contributed by atoms with Crippen LogP contribution in [0.25, 0.3) is 26.6 Å². The largest absolute Gasteiger partial charge is 0.475 e. The predicted molar refractivity (Wildman–Crippen MR) is 151 cm³/mol. The van der Waals surface area contributed by atoms with Crippen LogP contribution in [0.2, 0.25) is 0 Å². The van der Waals surface area contributed by atoms with E-state index < -0.39 is 6.03 Å². The Kier molecular flexibility index (Phi) is 6.69. The van der Waals surface area contributed by atoms with E-state index >= 15 is 0 Å². The van der Waals surface area contributed by atoms with Gasteiger partial charge < -0.3 is 19.3 Å². The van der Waals surface area contributed by atoms with Gasteiger partial charge in [0.05, 0.1) is 17.3 Å².